The van der Waals surface area contributed by atoms with Crippen LogP contribution in [0.2, 0.25) is 0 Å². The average Bonchev–Trinajstić information content (AvgIpc) is 3.29. The van der Waals surface area contributed by atoms with Crippen molar-refractivity contribution in [1.82, 2.24) is 26.6 Å². The lowest BCUT2D eigenvalue weighted by molar-refractivity contribution is -0.126. The summed E-state index contributed by atoms with van der Waals surface area (Å²) < 4.78 is 4.76. The zero-order chi connectivity index (χ0) is 20.1. The number of carbonyl (C=O) groups is 3. The van der Waals surface area contributed by atoms with Gasteiger partial charge < -0.3 is 10.1 Å². The van der Waals surface area contributed by atoms with Crippen molar-refractivity contribution in [3.8, 4) is 0 Å². The second-order valence-electron chi connectivity index (χ2n) is 7.59. The second kappa shape index (κ2) is 9.91. The first-order valence-corrected chi connectivity index (χ1v) is 11.3. The molecule has 0 radical (unpaired) electrons. The van der Waals surface area contributed by atoms with Gasteiger partial charge in [0.2, 0.25) is 11.8 Å². The van der Waals surface area contributed by atoms with Gasteiger partial charge in [0, 0.05) is 12.1 Å². The van der Waals surface area contributed by atoms with Crippen LogP contribution in [-0.2, 0) is 14.3 Å². The predicted octanol–water partition coefficient (Wildman–Crippen LogP) is 0.869. The summed E-state index contributed by atoms with van der Waals surface area (Å²) in [7, 11) is 0. The number of nitrogens with one attached hydrogen (secondary N) is 4. The fourth-order valence-electron chi connectivity index (χ4n) is 4.02. The Labute approximate surface area is 170 Å². The van der Waals surface area contributed by atoms with Crippen LogP contribution in [0.3, 0.4) is 0 Å². The first-order valence-electron chi connectivity index (χ1n) is 10.2. The maximum atomic E-state index is 12.9. The Morgan fingerprint density at radius 2 is 1.86 bits per heavy atom. The molecule has 0 bridgehead atoms. The Morgan fingerprint density at radius 1 is 1.11 bits per heavy atom. The molecule has 0 spiro atoms. The zero-order valence-electron chi connectivity index (χ0n) is 16.5. The molecule has 2 saturated heterocycles. The van der Waals surface area contributed by atoms with Crippen molar-refractivity contribution in [2.45, 2.75) is 75.9 Å². The summed E-state index contributed by atoms with van der Waals surface area (Å²) in [6.07, 6.45) is 5.81. The minimum atomic E-state index is -0.743. The lowest BCUT2D eigenvalue weighted by Gasteiger charge is -2.30. The van der Waals surface area contributed by atoms with E-state index in [0.29, 0.717) is 12.5 Å². The summed E-state index contributed by atoms with van der Waals surface area (Å²) in [5.74, 6) is -0.223. The number of alkyl carbamates (subject to hydrolysis) is 1. The van der Waals surface area contributed by atoms with E-state index in [4.69, 9.17) is 4.74 Å². The van der Waals surface area contributed by atoms with Crippen LogP contribution in [0.15, 0.2) is 0 Å². The van der Waals surface area contributed by atoms with E-state index in [0.717, 1.165) is 18.6 Å². The van der Waals surface area contributed by atoms with Gasteiger partial charge in [-0.15, -0.1) is 11.8 Å². The molecule has 4 unspecified atom stereocenters. The third-order valence-corrected chi connectivity index (χ3v) is 6.83. The van der Waals surface area contributed by atoms with Gasteiger partial charge in [0.05, 0.1) is 17.9 Å². The third-order valence-electron chi connectivity index (χ3n) is 5.56. The molecule has 3 fully saturated rings. The van der Waals surface area contributed by atoms with Crippen LogP contribution in [0.1, 0.15) is 52.4 Å². The van der Waals surface area contributed by atoms with Gasteiger partial charge in [0.1, 0.15) is 6.04 Å². The minimum absolute atomic E-state index is 0.0415. The van der Waals surface area contributed by atoms with Crippen molar-refractivity contribution in [3.05, 3.63) is 0 Å². The lowest BCUT2D eigenvalue weighted by Crippen LogP contribution is -2.53. The molecule has 10 heteroatoms. The Hall–Kier alpha value is -1.36. The van der Waals surface area contributed by atoms with E-state index < -0.39 is 24.0 Å². The third kappa shape index (κ3) is 5.16. The highest BCUT2D eigenvalue weighted by molar-refractivity contribution is 8.00. The molecule has 0 aromatic carbocycles. The maximum absolute atomic E-state index is 12.9. The molecular weight excluding hydrogens is 382 g/mol. The van der Waals surface area contributed by atoms with Crippen molar-refractivity contribution in [2.24, 2.45) is 5.92 Å². The van der Waals surface area contributed by atoms with Crippen LogP contribution < -0.4 is 21.5 Å². The average molecular weight is 414 g/mol. The van der Waals surface area contributed by atoms with Gasteiger partial charge in [-0.25, -0.2) is 15.6 Å². The molecule has 1 aliphatic carbocycles. The number of nitrogens with zero attached hydrogens (tertiary/aromatic N) is 1. The Bertz CT molecular complexity index is 586. The van der Waals surface area contributed by atoms with Crippen molar-refractivity contribution in [2.75, 3.05) is 12.4 Å². The first kappa shape index (κ1) is 21.4. The summed E-state index contributed by atoms with van der Waals surface area (Å²) in [4.78, 5) is 36.7. The largest absolute Gasteiger partial charge is 0.450 e. The molecule has 9 nitrogen and oxygen atoms in total. The molecule has 0 aromatic heterocycles. The van der Waals surface area contributed by atoms with Gasteiger partial charge in [-0.2, -0.15) is 5.12 Å². The summed E-state index contributed by atoms with van der Waals surface area (Å²) in [5.41, 5.74) is 6.67. The highest BCUT2D eigenvalue weighted by Gasteiger charge is 2.41. The van der Waals surface area contributed by atoms with E-state index in [1.54, 1.807) is 6.92 Å². The number of carbonyl (C=O) groups excluding carboxylic acids is 3. The molecular formula is C18H31N5O4S. The zero-order valence-corrected chi connectivity index (χ0v) is 17.3. The first-order chi connectivity index (χ1) is 13.5. The van der Waals surface area contributed by atoms with E-state index >= 15 is 0 Å². The number of hydrogen-bond donors (Lipinski definition) is 4. The number of imide groups is 1. The van der Waals surface area contributed by atoms with E-state index in [9.17, 15) is 14.4 Å². The van der Waals surface area contributed by atoms with Crippen LogP contribution in [0.25, 0.3) is 0 Å². The van der Waals surface area contributed by atoms with Crippen molar-refractivity contribution < 1.29 is 19.1 Å². The van der Waals surface area contributed by atoms with Crippen LogP contribution in [-0.4, -0.2) is 58.9 Å². The van der Waals surface area contributed by atoms with E-state index in [2.05, 4.69) is 21.5 Å². The van der Waals surface area contributed by atoms with Gasteiger partial charge >= 0.3 is 6.09 Å². The standard InChI is InChI=1S/C18H31N5O4S/c1-3-27-18(26)20-15(24)13-9-10-28-17(13)19-16(25)14-11(2)21-23(22-14)12-7-5-4-6-8-12/h11-14,17,21-22H,3-10H2,1-2H3,(H,19,25)(H,20,24,26). The molecule has 1 saturated carbocycles. The molecule has 3 amide bonds. The monoisotopic (exact) mass is 413 g/mol. The highest BCUT2D eigenvalue weighted by Crippen LogP contribution is 2.31. The second-order valence-corrected chi connectivity index (χ2v) is 8.84. The van der Waals surface area contributed by atoms with Crippen molar-refractivity contribution >= 4 is 29.7 Å². The van der Waals surface area contributed by atoms with Crippen molar-refractivity contribution in [1.29, 1.82) is 0 Å². The Morgan fingerprint density at radius 3 is 2.57 bits per heavy atom. The minimum Gasteiger partial charge on any atom is -0.450 e. The normalized spacial score (nSPS) is 31.5. The van der Waals surface area contributed by atoms with E-state index in [1.165, 1.54) is 31.0 Å². The molecule has 28 heavy (non-hydrogen) atoms. The molecule has 2 heterocycles. The quantitative estimate of drug-likeness (QED) is 0.525. The smallest absolute Gasteiger partial charge is 0.413 e. The number of hydrazine groups is 2. The number of rotatable bonds is 5. The molecule has 0 aromatic rings. The summed E-state index contributed by atoms with van der Waals surface area (Å²) in [5, 5.41) is 6.90. The van der Waals surface area contributed by atoms with Gasteiger partial charge in [0.15, 0.2) is 0 Å². The van der Waals surface area contributed by atoms with Gasteiger partial charge in [-0.05, 0) is 38.9 Å². The molecule has 3 rings (SSSR count). The topological polar surface area (TPSA) is 112 Å². The predicted molar refractivity (Wildman–Crippen MR) is 106 cm³/mol. The van der Waals surface area contributed by atoms with Gasteiger partial charge in [0.25, 0.3) is 0 Å². The van der Waals surface area contributed by atoms with Crippen LogP contribution in [0.5, 0.6) is 0 Å². The number of ether oxygens (including phenoxy) is 1. The van der Waals surface area contributed by atoms with Crippen molar-refractivity contribution in [3.63, 3.8) is 0 Å². The molecule has 3 aliphatic rings. The number of amides is 3. The van der Waals surface area contributed by atoms with Gasteiger partial charge in [-0.3, -0.25) is 14.9 Å². The molecule has 2 aliphatic heterocycles. The van der Waals surface area contributed by atoms with Crippen LogP contribution >= 0.6 is 11.8 Å². The Kier molecular flexibility index (Phi) is 7.55. The van der Waals surface area contributed by atoms with E-state index in [1.807, 2.05) is 12.0 Å². The number of thioether (sulfide) groups is 1. The van der Waals surface area contributed by atoms with Gasteiger partial charge in [-0.1, -0.05) is 19.3 Å². The SMILES string of the molecule is CCOC(=O)NC(=O)C1CCSC1NC(=O)C1NN(C2CCCCC2)NC1C. The Balaban J connectivity index is 1.53. The van der Waals surface area contributed by atoms with Crippen LogP contribution in [0, 0.1) is 5.92 Å². The fourth-order valence-corrected chi connectivity index (χ4v) is 5.35. The maximum Gasteiger partial charge on any atom is 0.413 e. The lowest BCUT2D eigenvalue weighted by atomic mass is 9.96. The number of hydrogen-bond acceptors (Lipinski definition) is 8. The van der Waals surface area contributed by atoms with Crippen LogP contribution in [0.4, 0.5) is 4.79 Å². The fraction of sp³-hybridized carbons (Fsp3) is 0.833. The molecule has 158 valence electrons. The highest BCUT2D eigenvalue weighted by atomic mass is 32.2. The van der Waals surface area contributed by atoms with E-state index in [-0.39, 0.29) is 23.9 Å². The molecule has 4 N–H and O–H groups in total. The summed E-state index contributed by atoms with van der Waals surface area (Å²) in [6, 6.07) is -0.0324. The summed E-state index contributed by atoms with van der Waals surface area (Å²) in [6.45, 7) is 3.86. The molecule has 4 atom stereocenters. The summed E-state index contributed by atoms with van der Waals surface area (Å²) >= 11 is 1.53.